The zero-order valence-corrected chi connectivity index (χ0v) is 14.8. The molecular weight excluding hydrogens is 292 g/mol. The van der Waals surface area contributed by atoms with Crippen molar-refractivity contribution in [3.63, 3.8) is 0 Å². The first kappa shape index (κ1) is 14.3. The van der Waals surface area contributed by atoms with Crippen LogP contribution < -0.4 is 0 Å². The van der Waals surface area contributed by atoms with Gasteiger partial charge in [-0.3, -0.25) is 4.79 Å². The number of rotatable bonds is 2. The van der Waals surface area contributed by atoms with Crippen LogP contribution in [-0.2, 0) is 4.79 Å². The molecule has 0 aliphatic heterocycles. The second-order valence-corrected chi connectivity index (χ2v) is 10.1. The summed E-state index contributed by atoms with van der Waals surface area (Å²) in [6.07, 6.45) is 22.5. The van der Waals surface area contributed by atoms with Gasteiger partial charge in [-0.05, 0) is 98.7 Å². The van der Waals surface area contributed by atoms with E-state index in [1.165, 1.54) is 64.2 Å². The second kappa shape index (κ2) is 4.65. The molecule has 0 aromatic carbocycles. The fraction of sp³-hybridized carbons (Fsp3) is 0.783. The summed E-state index contributed by atoms with van der Waals surface area (Å²) in [6, 6.07) is 0. The van der Waals surface area contributed by atoms with Gasteiger partial charge in [0.05, 0.1) is 0 Å². The van der Waals surface area contributed by atoms with Gasteiger partial charge in [-0.2, -0.15) is 0 Å². The molecule has 128 valence electrons. The number of Topliss-reactive ketones (excluding diaryl/α,β-unsaturated/α-hetero) is 1. The number of ketones is 1. The van der Waals surface area contributed by atoms with Crippen molar-refractivity contribution in [2.45, 2.75) is 64.2 Å². The molecule has 0 aromatic rings. The van der Waals surface area contributed by atoms with Crippen molar-refractivity contribution in [1.29, 1.82) is 0 Å². The third kappa shape index (κ3) is 1.52. The average molecular weight is 322 g/mol. The molecule has 1 nitrogen and oxygen atoms in total. The van der Waals surface area contributed by atoms with Crippen LogP contribution in [0.3, 0.4) is 0 Å². The Balaban J connectivity index is 1.35. The molecular formula is C23H30O. The molecule has 0 N–H and O–H groups in total. The summed E-state index contributed by atoms with van der Waals surface area (Å²) in [4.78, 5) is 13.9. The van der Waals surface area contributed by atoms with Crippen LogP contribution in [0.1, 0.15) is 64.2 Å². The molecule has 8 atom stereocenters. The minimum absolute atomic E-state index is 0.384. The lowest BCUT2D eigenvalue weighted by atomic mass is 9.59. The Morgan fingerprint density at radius 1 is 0.750 bits per heavy atom. The largest absolute Gasteiger partial charge is 0.299 e. The monoisotopic (exact) mass is 322 g/mol. The minimum Gasteiger partial charge on any atom is -0.299 e. The Morgan fingerprint density at radius 2 is 1.25 bits per heavy atom. The summed E-state index contributed by atoms with van der Waals surface area (Å²) in [6.45, 7) is 0. The Labute approximate surface area is 146 Å². The quantitative estimate of drug-likeness (QED) is 0.629. The predicted octanol–water partition coefficient (Wildman–Crippen LogP) is 5.32. The number of hydrogen-bond acceptors (Lipinski definition) is 1. The van der Waals surface area contributed by atoms with Crippen molar-refractivity contribution in [3.8, 4) is 0 Å². The Hall–Kier alpha value is -0.850. The molecule has 6 aliphatic carbocycles. The smallest absolute Gasteiger partial charge is 0.140 e. The predicted molar refractivity (Wildman–Crippen MR) is 95.3 cm³/mol. The van der Waals surface area contributed by atoms with E-state index in [-0.39, 0.29) is 0 Å². The van der Waals surface area contributed by atoms with E-state index >= 15 is 0 Å². The summed E-state index contributed by atoms with van der Waals surface area (Å²) in [5.41, 5.74) is 0.768. The SMILES string of the molecule is O=C([C@H]1C[C@@H]2CC[C@@]13CC=CC[C@@H]23)[C@@H]1C[C@@H]2CC[C@]13CC=CC[C@H]23. The van der Waals surface area contributed by atoms with Gasteiger partial charge in [0.25, 0.3) is 0 Å². The molecule has 0 heterocycles. The van der Waals surface area contributed by atoms with Crippen LogP contribution in [0.4, 0.5) is 0 Å². The highest BCUT2D eigenvalue weighted by Crippen LogP contribution is 2.70. The van der Waals surface area contributed by atoms with Crippen molar-refractivity contribution >= 4 is 5.78 Å². The van der Waals surface area contributed by atoms with Crippen LogP contribution in [0.15, 0.2) is 24.3 Å². The van der Waals surface area contributed by atoms with E-state index in [1.807, 2.05) is 0 Å². The summed E-state index contributed by atoms with van der Waals surface area (Å²) in [5, 5.41) is 0. The molecule has 0 radical (unpaired) electrons. The normalized spacial score (nSPS) is 56.5. The van der Waals surface area contributed by atoms with Crippen molar-refractivity contribution in [2.24, 2.45) is 46.3 Å². The van der Waals surface area contributed by atoms with Crippen LogP contribution in [0.5, 0.6) is 0 Å². The molecule has 0 unspecified atom stereocenters. The first-order valence-electron chi connectivity index (χ1n) is 10.6. The van der Waals surface area contributed by atoms with Gasteiger partial charge in [0.2, 0.25) is 0 Å². The molecule has 4 fully saturated rings. The zero-order valence-electron chi connectivity index (χ0n) is 14.8. The summed E-state index contributed by atoms with van der Waals surface area (Å²) in [5.74, 6) is 4.97. The van der Waals surface area contributed by atoms with E-state index in [2.05, 4.69) is 24.3 Å². The van der Waals surface area contributed by atoms with Gasteiger partial charge in [-0.25, -0.2) is 0 Å². The van der Waals surface area contributed by atoms with Crippen LogP contribution in [-0.4, -0.2) is 5.78 Å². The Kier molecular flexibility index (Phi) is 2.78. The maximum atomic E-state index is 13.9. The van der Waals surface area contributed by atoms with Gasteiger partial charge >= 0.3 is 0 Å². The highest BCUT2D eigenvalue weighted by molar-refractivity contribution is 5.86. The highest BCUT2D eigenvalue weighted by atomic mass is 16.1. The molecule has 0 saturated heterocycles. The third-order valence-electron chi connectivity index (χ3n) is 9.84. The maximum Gasteiger partial charge on any atom is 0.140 e. The van der Waals surface area contributed by atoms with Gasteiger partial charge < -0.3 is 0 Å². The standard InChI is InChI=1S/C23H30O/c24-21(19-13-15-7-11-22(19)9-3-1-5-17(15)22)20-14-16-8-12-23(20)10-4-2-6-18(16)23/h1-4,15-20H,5-14H2/t15-,16-,17-,18+,19+,20-,22+,23-/m0/s1. The Morgan fingerprint density at radius 3 is 1.75 bits per heavy atom. The first-order valence-corrected chi connectivity index (χ1v) is 10.6. The van der Waals surface area contributed by atoms with E-state index < -0.39 is 0 Å². The van der Waals surface area contributed by atoms with Crippen molar-refractivity contribution in [1.82, 2.24) is 0 Å². The third-order valence-corrected chi connectivity index (χ3v) is 9.84. The lowest BCUT2D eigenvalue weighted by Crippen LogP contribution is -2.43. The van der Waals surface area contributed by atoms with E-state index in [0.717, 1.165) is 29.5 Å². The molecule has 1 heteroatoms. The van der Waals surface area contributed by atoms with Crippen molar-refractivity contribution in [3.05, 3.63) is 24.3 Å². The zero-order chi connectivity index (χ0) is 15.9. The topological polar surface area (TPSA) is 17.1 Å². The number of allylic oxidation sites excluding steroid dienone is 4. The number of carbonyl (C=O) groups excluding carboxylic acids is 1. The van der Waals surface area contributed by atoms with Crippen LogP contribution in [0.2, 0.25) is 0 Å². The van der Waals surface area contributed by atoms with Crippen LogP contribution in [0.25, 0.3) is 0 Å². The van der Waals surface area contributed by atoms with Gasteiger partial charge in [-0.1, -0.05) is 24.3 Å². The molecule has 0 amide bonds. The lowest BCUT2D eigenvalue weighted by Gasteiger charge is -2.44. The molecule has 0 aromatic heterocycles. The van der Waals surface area contributed by atoms with E-state index in [1.54, 1.807) is 0 Å². The molecule has 4 bridgehead atoms. The summed E-state index contributed by atoms with van der Waals surface area (Å²) < 4.78 is 0. The molecule has 24 heavy (non-hydrogen) atoms. The first-order chi connectivity index (χ1) is 11.7. The summed E-state index contributed by atoms with van der Waals surface area (Å²) in [7, 11) is 0. The fourth-order valence-corrected chi connectivity index (χ4v) is 8.90. The van der Waals surface area contributed by atoms with Gasteiger partial charge in [0.1, 0.15) is 5.78 Å². The van der Waals surface area contributed by atoms with Crippen LogP contribution >= 0.6 is 0 Å². The fourth-order valence-electron chi connectivity index (χ4n) is 8.90. The lowest BCUT2D eigenvalue weighted by molar-refractivity contribution is -0.136. The highest BCUT2D eigenvalue weighted by Gasteiger charge is 2.66. The molecule has 6 aliphatic rings. The average Bonchev–Trinajstić information content (AvgIpc) is 3.35. The summed E-state index contributed by atoms with van der Waals surface area (Å²) >= 11 is 0. The maximum absolute atomic E-state index is 13.9. The van der Waals surface area contributed by atoms with Crippen molar-refractivity contribution < 1.29 is 4.79 Å². The van der Waals surface area contributed by atoms with E-state index in [0.29, 0.717) is 22.7 Å². The van der Waals surface area contributed by atoms with Crippen molar-refractivity contribution in [2.75, 3.05) is 0 Å². The van der Waals surface area contributed by atoms with Crippen LogP contribution in [0, 0.1) is 46.3 Å². The van der Waals surface area contributed by atoms with E-state index in [4.69, 9.17) is 0 Å². The van der Waals surface area contributed by atoms with E-state index in [9.17, 15) is 4.79 Å². The minimum atomic E-state index is 0.384. The Bertz CT molecular complexity index is 590. The van der Waals surface area contributed by atoms with Gasteiger partial charge in [0, 0.05) is 11.8 Å². The molecule has 6 rings (SSSR count). The molecule has 0 spiro atoms. The van der Waals surface area contributed by atoms with Gasteiger partial charge in [-0.15, -0.1) is 0 Å². The number of carbonyl (C=O) groups is 1. The number of hydrogen-bond donors (Lipinski definition) is 0. The van der Waals surface area contributed by atoms with Gasteiger partial charge in [0.15, 0.2) is 0 Å². The second-order valence-electron chi connectivity index (χ2n) is 10.1. The molecule has 4 saturated carbocycles.